The molecule has 0 saturated heterocycles. The highest BCUT2D eigenvalue weighted by atomic mass is 16.5. The molecule has 0 aliphatic heterocycles. The number of para-hydroxylation sites is 1. The Morgan fingerprint density at radius 3 is 2.89 bits per heavy atom. The molecule has 1 fully saturated rings. The number of ether oxygens (including phenoxy) is 1. The van der Waals surface area contributed by atoms with Crippen LogP contribution in [0.5, 0.6) is 5.75 Å². The molecule has 0 radical (unpaired) electrons. The average molecular weight is 243 g/mol. The van der Waals surface area contributed by atoms with Crippen molar-refractivity contribution in [3.8, 4) is 5.75 Å². The number of nitrogens with zero attached hydrogens (tertiary/aromatic N) is 1. The first-order chi connectivity index (χ1) is 8.83. The number of aromatic nitrogens is 1. The maximum Gasteiger partial charge on any atom is 0.138 e. The Bertz CT molecular complexity index is 541. The van der Waals surface area contributed by atoms with Crippen LogP contribution in [0.2, 0.25) is 0 Å². The molecule has 1 aromatic carbocycles. The van der Waals surface area contributed by atoms with Gasteiger partial charge in [0.05, 0.1) is 17.8 Å². The van der Waals surface area contributed by atoms with Gasteiger partial charge >= 0.3 is 0 Å². The van der Waals surface area contributed by atoms with E-state index >= 15 is 0 Å². The molecule has 1 saturated carbocycles. The van der Waals surface area contributed by atoms with Gasteiger partial charge in [-0.25, -0.2) is 0 Å². The molecule has 1 aromatic heterocycles. The number of benzene rings is 1. The molecular weight excluding hydrogens is 226 g/mol. The number of aliphatic hydroxyl groups is 1. The van der Waals surface area contributed by atoms with E-state index in [1.54, 1.807) is 6.20 Å². The highest BCUT2D eigenvalue weighted by Gasteiger charge is 2.24. The molecule has 18 heavy (non-hydrogen) atoms. The van der Waals surface area contributed by atoms with E-state index < -0.39 is 0 Å². The Hall–Kier alpha value is -1.61. The molecule has 3 nitrogen and oxygen atoms in total. The number of hydrogen-bond acceptors (Lipinski definition) is 3. The molecule has 0 spiro atoms. The molecule has 0 amide bonds. The van der Waals surface area contributed by atoms with Crippen molar-refractivity contribution < 1.29 is 9.84 Å². The third kappa shape index (κ3) is 2.31. The van der Waals surface area contributed by atoms with Gasteiger partial charge in [0.2, 0.25) is 0 Å². The smallest absolute Gasteiger partial charge is 0.138 e. The van der Waals surface area contributed by atoms with Gasteiger partial charge in [0, 0.05) is 5.39 Å². The molecule has 2 aromatic rings. The standard InChI is InChI=1S/C15H17NO2/c17-14-7-3-4-8-15(14)18-12-9-11-5-1-2-6-13(11)16-10-12/h1-2,5-6,9-10,14-15,17H,3-4,7-8H2/t14-,15-/m0/s1. The van der Waals surface area contributed by atoms with E-state index in [2.05, 4.69) is 4.98 Å². The zero-order chi connectivity index (χ0) is 12.4. The van der Waals surface area contributed by atoms with E-state index in [0.717, 1.165) is 42.3 Å². The SMILES string of the molecule is O[C@H]1CCCC[C@@H]1Oc1cnc2ccccc2c1. The number of fused-ring (bicyclic) bond motifs is 1. The van der Waals surface area contributed by atoms with E-state index in [0.29, 0.717) is 0 Å². The van der Waals surface area contributed by atoms with Crippen molar-refractivity contribution in [1.82, 2.24) is 4.98 Å². The molecule has 0 bridgehead atoms. The van der Waals surface area contributed by atoms with Gasteiger partial charge in [-0.15, -0.1) is 0 Å². The van der Waals surface area contributed by atoms with Crippen LogP contribution < -0.4 is 4.74 Å². The highest BCUT2D eigenvalue weighted by Crippen LogP contribution is 2.25. The van der Waals surface area contributed by atoms with Crippen LogP contribution in [0.1, 0.15) is 25.7 Å². The molecule has 1 aliphatic carbocycles. The van der Waals surface area contributed by atoms with E-state index in [1.165, 1.54) is 0 Å². The fraction of sp³-hybridized carbons (Fsp3) is 0.400. The molecule has 1 aliphatic rings. The van der Waals surface area contributed by atoms with E-state index in [1.807, 2.05) is 30.3 Å². The van der Waals surface area contributed by atoms with Crippen molar-refractivity contribution in [1.29, 1.82) is 0 Å². The number of rotatable bonds is 2. The minimum absolute atomic E-state index is 0.0817. The fourth-order valence-electron chi connectivity index (χ4n) is 2.50. The van der Waals surface area contributed by atoms with E-state index in [-0.39, 0.29) is 12.2 Å². The Morgan fingerprint density at radius 1 is 1.17 bits per heavy atom. The number of hydrogen-bond donors (Lipinski definition) is 1. The summed E-state index contributed by atoms with van der Waals surface area (Å²) >= 11 is 0. The van der Waals surface area contributed by atoms with Crippen LogP contribution in [-0.2, 0) is 0 Å². The van der Waals surface area contributed by atoms with Gasteiger partial charge in [0.15, 0.2) is 0 Å². The van der Waals surface area contributed by atoms with Crippen molar-refractivity contribution in [3.05, 3.63) is 36.5 Å². The zero-order valence-corrected chi connectivity index (χ0v) is 10.2. The van der Waals surface area contributed by atoms with Crippen molar-refractivity contribution >= 4 is 10.9 Å². The Balaban J connectivity index is 1.81. The first-order valence-electron chi connectivity index (χ1n) is 6.52. The van der Waals surface area contributed by atoms with Gasteiger partial charge in [-0.2, -0.15) is 0 Å². The molecular formula is C15H17NO2. The maximum atomic E-state index is 9.90. The van der Waals surface area contributed by atoms with Crippen LogP contribution in [-0.4, -0.2) is 22.3 Å². The van der Waals surface area contributed by atoms with E-state index in [9.17, 15) is 5.11 Å². The summed E-state index contributed by atoms with van der Waals surface area (Å²) in [6.07, 6.45) is 5.30. The second-order valence-electron chi connectivity index (χ2n) is 4.87. The minimum atomic E-state index is -0.342. The van der Waals surface area contributed by atoms with Crippen molar-refractivity contribution in [3.63, 3.8) is 0 Å². The van der Waals surface area contributed by atoms with Crippen LogP contribution in [0.4, 0.5) is 0 Å². The summed E-state index contributed by atoms with van der Waals surface area (Å²) in [5, 5.41) is 11.0. The predicted octanol–water partition coefficient (Wildman–Crippen LogP) is 2.92. The van der Waals surface area contributed by atoms with Crippen LogP contribution in [0.3, 0.4) is 0 Å². The molecule has 3 rings (SSSR count). The zero-order valence-electron chi connectivity index (χ0n) is 10.2. The molecule has 2 atom stereocenters. The summed E-state index contributed by atoms with van der Waals surface area (Å²) < 4.78 is 5.86. The maximum absolute atomic E-state index is 9.90. The molecule has 1 heterocycles. The minimum Gasteiger partial charge on any atom is -0.486 e. The van der Waals surface area contributed by atoms with Gasteiger partial charge in [-0.3, -0.25) is 4.98 Å². The second-order valence-corrected chi connectivity index (χ2v) is 4.87. The largest absolute Gasteiger partial charge is 0.486 e. The quantitative estimate of drug-likeness (QED) is 0.881. The lowest BCUT2D eigenvalue weighted by molar-refractivity contribution is 0.00678. The van der Waals surface area contributed by atoms with Crippen molar-refractivity contribution in [2.45, 2.75) is 37.9 Å². The first kappa shape index (κ1) is 11.5. The second kappa shape index (κ2) is 4.94. The van der Waals surface area contributed by atoms with Crippen LogP contribution >= 0.6 is 0 Å². The lowest BCUT2D eigenvalue weighted by Gasteiger charge is -2.28. The van der Waals surface area contributed by atoms with Gasteiger partial charge in [0.1, 0.15) is 11.9 Å². The highest BCUT2D eigenvalue weighted by molar-refractivity contribution is 5.79. The summed E-state index contributed by atoms with van der Waals surface area (Å²) in [7, 11) is 0. The molecule has 3 heteroatoms. The Labute approximate surface area is 106 Å². The lowest BCUT2D eigenvalue weighted by atomic mass is 9.95. The van der Waals surface area contributed by atoms with Crippen molar-refractivity contribution in [2.75, 3.05) is 0 Å². The van der Waals surface area contributed by atoms with Crippen LogP contribution in [0, 0.1) is 0 Å². The number of aliphatic hydroxyl groups excluding tert-OH is 1. The van der Waals surface area contributed by atoms with Gasteiger partial charge < -0.3 is 9.84 Å². The summed E-state index contributed by atoms with van der Waals surface area (Å²) in [6.45, 7) is 0. The topological polar surface area (TPSA) is 42.4 Å². The molecule has 1 N–H and O–H groups in total. The summed E-state index contributed by atoms with van der Waals surface area (Å²) in [4.78, 5) is 4.37. The lowest BCUT2D eigenvalue weighted by Crippen LogP contribution is -2.34. The molecule has 94 valence electrons. The average Bonchev–Trinajstić information content (AvgIpc) is 2.41. The van der Waals surface area contributed by atoms with Gasteiger partial charge in [-0.1, -0.05) is 24.6 Å². The summed E-state index contributed by atoms with van der Waals surface area (Å²) in [5.74, 6) is 0.750. The fourth-order valence-corrected chi connectivity index (χ4v) is 2.50. The Morgan fingerprint density at radius 2 is 2.00 bits per heavy atom. The van der Waals surface area contributed by atoms with Crippen LogP contribution in [0.15, 0.2) is 36.5 Å². The summed E-state index contributed by atoms with van der Waals surface area (Å²) in [5.41, 5.74) is 0.967. The normalized spacial score (nSPS) is 24.1. The van der Waals surface area contributed by atoms with Gasteiger partial charge in [-0.05, 0) is 31.4 Å². The third-order valence-corrected chi connectivity index (χ3v) is 3.52. The summed E-state index contributed by atoms with van der Waals surface area (Å²) in [6, 6.07) is 9.95. The van der Waals surface area contributed by atoms with E-state index in [4.69, 9.17) is 4.74 Å². The first-order valence-corrected chi connectivity index (χ1v) is 6.52. The van der Waals surface area contributed by atoms with Gasteiger partial charge in [0.25, 0.3) is 0 Å². The monoisotopic (exact) mass is 243 g/mol. The third-order valence-electron chi connectivity index (χ3n) is 3.52. The predicted molar refractivity (Wildman–Crippen MR) is 70.6 cm³/mol. The van der Waals surface area contributed by atoms with Crippen LogP contribution in [0.25, 0.3) is 10.9 Å². The molecule has 0 unspecified atom stereocenters. The number of pyridine rings is 1. The Kier molecular flexibility index (Phi) is 3.15. The van der Waals surface area contributed by atoms with Crippen molar-refractivity contribution in [2.24, 2.45) is 0 Å².